The average Bonchev–Trinajstić information content (AvgIpc) is 3.05. The van der Waals surface area contributed by atoms with Crippen LogP contribution in [0.4, 0.5) is 4.39 Å². The summed E-state index contributed by atoms with van der Waals surface area (Å²) in [6.45, 7) is 2.58. The molecule has 0 aromatic carbocycles. The normalized spacial score (nSPS) is 10.8. The Balaban J connectivity index is 1.97. The third-order valence-electron chi connectivity index (χ3n) is 3.67. The molecule has 24 heavy (non-hydrogen) atoms. The van der Waals surface area contributed by atoms with Gasteiger partial charge in [0.05, 0.1) is 19.3 Å². The van der Waals surface area contributed by atoms with E-state index in [0.717, 1.165) is 24.1 Å². The van der Waals surface area contributed by atoms with E-state index in [1.54, 1.807) is 25.4 Å². The molecule has 0 radical (unpaired) electrons. The maximum Gasteiger partial charge on any atom is 0.219 e. The molecule has 0 fully saturated rings. The van der Waals surface area contributed by atoms with Crippen molar-refractivity contribution in [3.05, 3.63) is 54.1 Å². The first-order valence-corrected chi connectivity index (χ1v) is 7.73. The summed E-state index contributed by atoms with van der Waals surface area (Å²) in [6.07, 6.45) is 6.76. The van der Waals surface area contributed by atoms with Gasteiger partial charge in [0.25, 0.3) is 0 Å². The van der Waals surface area contributed by atoms with Crippen LogP contribution in [0.1, 0.15) is 24.6 Å². The molecule has 3 heterocycles. The van der Waals surface area contributed by atoms with Crippen LogP contribution in [0, 0.1) is 5.95 Å². The van der Waals surface area contributed by atoms with Gasteiger partial charge in [0.15, 0.2) is 5.82 Å². The van der Waals surface area contributed by atoms with Gasteiger partial charge in [-0.3, -0.25) is 0 Å². The maximum atomic E-state index is 13.4. The van der Waals surface area contributed by atoms with Crippen molar-refractivity contribution in [1.82, 2.24) is 24.5 Å². The number of imidazole rings is 1. The molecule has 3 aromatic heterocycles. The van der Waals surface area contributed by atoms with Gasteiger partial charge < -0.3 is 9.30 Å². The fraction of sp³-hybridized carbons (Fsp3) is 0.294. The van der Waals surface area contributed by atoms with Crippen molar-refractivity contribution in [2.45, 2.75) is 26.3 Å². The standard InChI is InChI=1S/C17H18FN5O/c1-3-5-12-14(20-11-21-17(12)24-2)10-23-9-8-19-16(23)13-6-4-7-15(18)22-13/h4,6-9,11H,3,5,10H2,1-2H3. The van der Waals surface area contributed by atoms with E-state index in [9.17, 15) is 4.39 Å². The second-order valence-electron chi connectivity index (χ2n) is 5.28. The quantitative estimate of drug-likeness (QED) is 0.651. The predicted molar refractivity (Wildman–Crippen MR) is 87.1 cm³/mol. The molecule has 0 atom stereocenters. The molecule has 0 saturated heterocycles. The summed E-state index contributed by atoms with van der Waals surface area (Å²) >= 11 is 0. The summed E-state index contributed by atoms with van der Waals surface area (Å²) in [5.74, 6) is 0.652. The number of pyridine rings is 1. The molecule has 0 aliphatic heterocycles. The van der Waals surface area contributed by atoms with Gasteiger partial charge in [0, 0.05) is 18.0 Å². The Bertz CT molecular complexity index is 833. The molecule has 6 nitrogen and oxygen atoms in total. The second-order valence-corrected chi connectivity index (χ2v) is 5.28. The minimum Gasteiger partial charge on any atom is -0.481 e. The van der Waals surface area contributed by atoms with Crippen LogP contribution in [0.25, 0.3) is 11.5 Å². The van der Waals surface area contributed by atoms with Crippen molar-refractivity contribution in [3.8, 4) is 17.4 Å². The summed E-state index contributed by atoms with van der Waals surface area (Å²) in [6, 6.07) is 4.66. The molecule has 0 aliphatic carbocycles. The zero-order chi connectivity index (χ0) is 16.9. The van der Waals surface area contributed by atoms with Gasteiger partial charge in [-0.2, -0.15) is 4.39 Å². The van der Waals surface area contributed by atoms with Crippen molar-refractivity contribution in [3.63, 3.8) is 0 Å². The van der Waals surface area contributed by atoms with Gasteiger partial charge in [-0.25, -0.2) is 19.9 Å². The Morgan fingerprint density at radius 2 is 2.08 bits per heavy atom. The van der Waals surface area contributed by atoms with E-state index in [2.05, 4.69) is 26.9 Å². The van der Waals surface area contributed by atoms with E-state index in [1.165, 1.54) is 12.4 Å². The fourth-order valence-electron chi connectivity index (χ4n) is 2.61. The number of rotatable bonds is 6. The number of aromatic nitrogens is 5. The number of halogens is 1. The molecule has 0 spiro atoms. The molecule has 0 bridgehead atoms. The minimum absolute atomic E-state index is 0.484. The molecule has 124 valence electrons. The molecule has 3 aromatic rings. The topological polar surface area (TPSA) is 65.7 Å². The van der Waals surface area contributed by atoms with Crippen LogP contribution in [-0.4, -0.2) is 31.6 Å². The largest absolute Gasteiger partial charge is 0.481 e. The molecule has 0 aliphatic rings. The second kappa shape index (κ2) is 7.16. The maximum absolute atomic E-state index is 13.4. The van der Waals surface area contributed by atoms with E-state index in [0.29, 0.717) is 23.9 Å². The summed E-state index contributed by atoms with van der Waals surface area (Å²) in [4.78, 5) is 16.8. The lowest BCUT2D eigenvalue weighted by atomic mass is 10.1. The zero-order valence-electron chi connectivity index (χ0n) is 13.6. The van der Waals surface area contributed by atoms with Gasteiger partial charge in [0.1, 0.15) is 12.0 Å². The highest BCUT2D eigenvalue weighted by Gasteiger charge is 2.14. The first-order chi connectivity index (χ1) is 11.7. The Hall–Kier alpha value is -2.83. The van der Waals surface area contributed by atoms with Crippen molar-refractivity contribution in [1.29, 1.82) is 0 Å². The fourth-order valence-corrected chi connectivity index (χ4v) is 2.61. The molecule has 0 amide bonds. The van der Waals surface area contributed by atoms with Crippen molar-refractivity contribution in [2.75, 3.05) is 7.11 Å². The van der Waals surface area contributed by atoms with E-state index in [4.69, 9.17) is 4.74 Å². The third-order valence-corrected chi connectivity index (χ3v) is 3.67. The number of ether oxygens (including phenoxy) is 1. The molecule has 0 N–H and O–H groups in total. The monoisotopic (exact) mass is 327 g/mol. The lowest BCUT2D eigenvalue weighted by Gasteiger charge is -2.13. The van der Waals surface area contributed by atoms with Crippen LogP contribution < -0.4 is 4.74 Å². The Kier molecular flexibility index (Phi) is 4.79. The molecule has 7 heteroatoms. The van der Waals surface area contributed by atoms with Crippen LogP contribution in [0.15, 0.2) is 36.9 Å². The van der Waals surface area contributed by atoms with Crippen molar-refractivity contribution >= 4 is 0 Å². The number of hydrogen-bond donors (Lipinski definition) is 0. The Morgan fingerprint density at radius 1 is 1.21 bits per heavy atom. The van der Waals surface area contributed by atoms with Gasteiger partial charge >= 0.3 is 0 Å². The van der Waals surface area contributed by atoms with Crippen LogP contribution in [0.3, 0.4) is 0 Å². The first kappa shape index (κ1) is 16.0. The highest BCUT2D eigenvalue weighted by molar-refractivity contribution is 5.49. The van der Waals surface area contributed by atoms with E-state index in [-0.39, 0.29) is 0 Å². The van der Waals surface area contributed by atoms with Crippen LogP contribution in [0.2, 0.25) is 0 Å². The lowest BCUT2D eigenvalue weighted by Crippen LogP contribution is -2.09. The van der Waals surface area contributed by atoms with E-state index >= 15 is 0 Å². The molecule has 0 saturated carbocycles. The Labute approximate surface area is 139 Å². The van der Waals surface area contributed by atoms with Gasteiger partial charge in [-0.05, 0) is 18.6 Å². The Morgan fingerprint density at radius 3 is 2.83 bits per heavy atom. The summed E-state index contributed by atoms with van der Waals surface area (Å²) in [7, 11) is 1.60. The summed E-state index contributed by atoms with van der Waals surface area (Å²) in [5, 5.41) is 0. The van der Waals surface area contributed by atoms with Crippen molar-refractivity contribution < 1.29 is 9.13 Å². The highest BCUT2D eigenvalue weighted by Crippen LogP contribution is 2.22. The number of nitrogens with zero attached hydrogens (tertiary/aromatic N) is 5. The van der Waals surface area contributed by atoms with Gasteiger partial charge in [0.2, 0.25) is 11.8 Å². The molecular weight excluding hydrogens is 309 g/mol. The highest BCUT2D eigenvalue weighted by atomic mass is 19.1. The summed E-state index contributed by atoms with van der Waals surface area (Å²) in [5.41, 5.74) is 2.33. The SMILES string of the molecule is CCCc1c(Cn2ccnc2-c2cccc(F)n2)ncnc1OC. The molecule has 0 unspecified atom stereocenters. The van der Waals surface area contributed by atoms with Crippen LogP contribution in [-0.2, 0) is 13.0 Å². The summed E-state index contributed by atoms with van der Waals surface area (Å²) < 4.78 is 20.6. The number of hydrogen-bond acceptors (Lipinski definition) is 5. The van der Waals surface area contributed by atoms with Gasteiger partial charge in [-0.15, -0.1) is 0 Å². The first-order valence-electron chi connectivity index (χ1n) is 7.73. The van der Waals surface area contributed by atoms with Gasteiger partial charge in [-0.1, -0.05) is 19.4 Å². The van der Waals surface area contributed by atoms with E-state index in [1.807, 2.05) is 10.8 Å². The third kappa shape index (κ3) is 3.24. The molecule has 3 rings (SSSR count). The predicted octanol–water partition coefficient (Wildman–Crippen LogP) is 2.88. The zero-order valence-corrected chi connectivity index (χ0v) is 13.6. The smallest absolute Gasteiger partial charge is 0.219 e. The lowest BCUT2D eigenvalue weighted by molar-refractivity contribution is 0.389. The number of methoxy groups -OCH3 is 1. The van der Waals surface area contributed by atoms with Crippen LogP contribution >= 0.6 is 0 Å². The average molecular weight is 327 g/mol. The van der Waals surface area contributed by atoms with Crippen molar-refractivity contribution in [2.24, 2.45) is 0 Å². The van der Waals surface area contributed by atoms with E-state index < -0.39 is 5.95 Å². The minimum atomic E-state index is -0.530. The molecular formula is C17H18FN5O. The van der Waals surface area contributed by atoms with Crippen LogP contribution in [0.5, 0.6) is 5.88 Å².